The van der Waals surface area contributed by atoms with E-state index < -0.39 is 21.0 Å². The molecule has 0 aliphatic heterocycles. The topological polar surface area (TPSA) is 153 Å². The Morgan fingerprint density at radius 2 is 1.71 bits per heavy atom. The van der Waals surface area contributed by atoms with Crippen molar-refractivity contribution in [2.24, 2.45) is 5.73 Å². The Hall–Kier alpha value is 0.220. The van der Waals surface area contributed by atoms with Crippen LogP contribution in [-0.4, -0.2) is 44.6 Å². The Morgan fingerprint density at radius 1 is 1.12 bits per heavy atom. The number of hydrogen-bond acceptors (Lipinski definition) is 4. The standard InChI is InChI=1S/C7H20N2O6P2/c8-4-2-5-9-7(17(13,14)15)3-1-6-16(10,11)12/h7,9H,1-6,8H2,(H2,10,11,12)(H2,13,14,15). The molecule has 0 saturated heterocycles. The predicted molar refractivity (Wildman–Crippen MR) is 63.7 cm³/mol. The molecule has 0 saturated carbocycles. The fraction of sp³-hybridized carbons (Fsp3) is 1.00. The second-order valence-electron chi connectivity index (χ2n) is 3.73. The van der Waals surface area contributed by atoms with Crippen LogP contribution in [0.2, 0.25) is 0 Å². The quantitative estimate of drug-likeness (QED) is 0.243. The van der Waals surface area contributed by atoms with Crippen molar-refractivity contribution in [3.63, 3.8) is 0 Å². The molecule has 0 amide bonds. The van der Waals surface area contributed by atoms with Gasteiger partial charge in [-0.05, 0) is 32.4 Å². The summed E-state index contributed by atoms with van der Waals surface area (Å²) in [5, 5.41) is 2.65. The number of nitrogens with two attached hydrogens (primary N) is 1. The van der Waals surface area contributed by atoms with Gasteiger partial charge in [0.2, 0.25) is 0 Å². The monoisotopic (exact) mass is 290 g/mol. The maximum atomic E-state index is 11.1. The summed E-state index contributed by atoms with van der Waals surface area (Å²) >= 11 is 0. The van der Waals surface area contributed by atoms with E-state index in [1.807, 2.05) is 0 Å². The first kappa shape index (κ1) is 17.2. The van der Waals surface area contributed by atoms with Crippen LogP contribution in [0, 0.1) is 0 Å². The van der Waals surface area contributed by atoms with Gasteiger partial charge >= 0.3 is 15.2 Å². The first-order valence-corrected chi connectivity index (χ1v) is 8.68. The maximum Gasteiger partial charge on any atom is 0.342 e. The van der Waals surface area contributed by atoms with Crippen LogP contribution in [0.25, 0.3) is 0 Å². The van der Waals surface area contributed by atoms with E-state index in [0.29, 0.717) is 19.5 Å². The van der Waals surface area contributed by atoms with E-state index in [-0.39, 0.29) is 19.0 Å². The summed E-state index contributed by atoms with van der Waals surface area (Å²) in [5.74, 6) is -1.07. The third-order valence-corrected chi connectivity index (χ3v) is 4.25. The van der Waals surface area contributed by atoms with E-state index in [1.165, 1.54) is 0 Å². The van der Waals surface area contributed by atoms with Crippen LogP contribution < -0.4 is 11.1 Å². The van der Waals surface area contributed by atoms with Crippen LogP contribution in [0.15, 0.2) is 0 Å². The van der Waals surface area contributed by atoms with Gasteiger partial charge in [-0.15, -0.1) is 0 Å². The molecule has 0 aromatic heterocycles. The average Bonchev–Trinajstić information content (AvgIpc) is 2.12. The van der Waals surface area contributed by atoms with Gasteiger partial charge < -0.3 is 30.6 Å². The highest BCUT2D eigenvalue weighted by molar-refractivity contribution is 7.52. The molecule has 0 aromatic rings. The molecule has 17 heavy (non-hydrogen) atoms. The number of rotatable bonds is 9. The highest BCUT2D eigenvalue weighted by Crippen LogP contribution is 2.43. The van der Waals surface area contributed by atoms with Gasteiger partial charge in [-0.25, -0.2) is 0 Å². The van der Waals surface area contributed by atoms with Crippen molar-refractivity contribution in [2.75, 3.05) is 19.3 Å². The van der Waals surface area contributed by atoms with E-state index in [9.17, 15) is 9.13 Å². The Morgan fingerprint density at radius 3 is 2.12 bits per heavy atom. The van der Waals surface area contributed by atoms with Gasteiger partial charge in [0, 0.05) is 6.16 Å². The second kappa shape index (κ2) is 7.61. The molecule has 0 heterocycles. The van der Waals surface area contributed by atoms with E-state index in [2.05, 4.69) is 5.32 Å². The lowest BCUT2D eigenvalue weighted by molar-refractivity contribution is 0.337. The van der Waals surface area contributed by atoms with Crippen LogP contribution >= 0.6 is 15.2 Å². The van der Waals surface area contributed by atoms with Gasteiger partial charge in [-0.3, -0.25) is 9.13 Å². The lowest BCUT2D eigenvalue weighted by Crippen LogP contribution is -2.31. The minimum atomic E-state index is -4.30. The molecule has 1 atom stereocenters. The first-order chi connectivity index (χ1) is 7.67. The molecule has 1 unspecified atom stereocenters. The zero-order valence-corrected chi connectivity index (χ0v) is 11.2. The van der Waals surface area contributed by atoms with E-state index in [0.717, 1.165) is 0 Å². The fourth-order valence-electron chi connectivity index (χ4n) is 1.25. The van der Waals surface area contributed by atoms with Gasteiger partial charge in [0.1, 0.15) is 5.78 Å². The predicted octanol–water partition coefficient (Wildman–Crippen LogP) is -0.613. The second-order valence-corrected chi connectivity index (χ2v) is 7.31. The minimum absolute atomic E-state index is 0.0138. The van der Waals surface area contributed by atoms with E-state index >= 15 is 0 Å². The summed E-state index contributed by atoms with van der Waals surface area (Å²) in [6.07, 6.45) is 0.271. The van der Waals surface area contributed by atoms with Crippen LogP contribution in [0.3, 0.4) is 0 Å². The Labute approximate surface area is 99.9 Å². The summed E-state index contributed by atoms with van der Waals surface area (Å²) in [4.78, 5) is 35.3. The zero-order valence-electron chi connectivity index (χ0n) is 9.40. The Balaban J connectivity index is 4.13. The summed E-state index contributed by atoms with van der Waals surface area (Å²) in [5.41, 5.74) is 5.24. The maximum absolute atomic E-state index is 11.1. The molecule has 0 spiro atoms. The highest BCUT2D eigenvalue weighted by atomic mass is 31.2. The van der Waals surface area contributed by atoms with Crippen LogP contribution in [0.1, 0.15) is 19.3 Å². The lowest BCUT2D eigenvalue weighted by Gasteiger charge is -2.19. The third-order valence-electron chi connectivity index (χ3n) is 2.09. The van der Waals surface area contributed by atoms with Gasteiger partial charge in [-0.1, -0.05) is 0 Å². The molecule has 0 aliphatic rings. The molecule has 104 valence electrons. The van der Waals surface area contributed by atoms with Crippen molar-refractivity contribution in [3.8, 4) is 0 Å². The van der Waals surface area contributed by atoms with E-state index in [4.69, 9.17) is 25.3 Å². The van der Waals surface area contributed by atoms with Crippen LogP contribution in [0.4, 0.5) is 0 Å². The summed E-state index contributed by atoms with van der Waals surface area (Å²) < 4.78 is 21.7. The third kappa shape index (κ3) is 9.88. The van der Waals surface area contributed by atoms with Crippen molar-refractivity contribution in [2.45, 2.75) is 25.0 Å². The summed E-state index contributed by atoms with van der Waals surface area (Å²) in [6, 6.07) is 0. The molecule has 0 aliphatic carbocycles. The Bertz CT molecular complexity index is 301. The average molecular weight is 290 g/mol. The fourth-order valence-corrected chi connectivity index (χ4v) is 2.73. The van der Waals surface area contributed by atoms with Gasteiger partial charge in [0.15, 0.2) is 0 Å². The normalized spacial score (nSPS) is 14.9. The van der Waals surface area contributed by atoms with Crippen LogP contribution in [0.5, 0.6) is 0 Å². The van der Waals surface area contributed by atoms with E-state index in [1.54, 1.807) is 0 Å². The van der Waals surface area contributed by atoms with Crippen LogP contribution in [-0.2, 0) is 9.13 Å². The molecule has 0 rings (SSSR count). The zero-order chi connectivity index (χ0) is 13.5. The van der Waals surface area contributed by atoms with Crippen molar-refractivity contribution >= 4 is 15.2 Å². The summed E-state index contributed by atoms with van der Waals surface area (Å²) in [7, 11) is -8.41. The van der Waals surface area contributed by atoms with Crippen molar-refractivity contribution in [3.05, 3.63) is 0 Å². The molecule has 7 N–H and O–H groups in total. The Kier molecular flexibility index (Phi) is 7.71. The first-order valence-electron chi connectivity index (χ1n) is 5.20. The van der Waals surface area contributed by atoms with Crippen molar-refractivity contribution in [1.82, 2.24) is 5.32 Å². The SMILES string of the molecule is NCCCNC(CCCP(=O)(O)O)P(=O)(O)O. The molecule has 0 aromatic carbocycles. The largest absolute Gasteiger partial charge is 0.342 e. The molecule has 0 fully saturated rings. The lowest BCUT2D eigenvalue weighted by atomic mass is 10.3. The number of hydrogen-bond donors (Lipinski definition) is 6. The molecule has 8 nitrogen and oxygen atoms in total. The van der Waals surface area contributed by atoms with Gasteiger partial charge in [0.05, 0.1) is 0 Å². The highest BCUT2D eigenvalue weighted by Gasteiger charge is 2.28. The smallest absolute Gasteiger partial charge is 0.330 e. The van der Waals surface area contributed by atoms with Crippen molar-refractivity contribution < 1.29 is 28.7 Å². The molecule has 10 heteroatoms. The minimum Gasteiger partial charge on any atom is -0.330 e. The number of nitrogens with one attached hydrogen (secondary N) is 1. The van der Waals surface area contributed by atoms with Gasteiger partial charge in [0.25, 0.3) is 0 Å². The summed E-state index contributed by atoms with van der Waals surface area (Å²) in [6.45, 7) is 0.769. The molecular weight excluding hydrogens is 270 g/mol. The molecule has 0 radical (unpaired) electrons. The molecular formula is C7H20N2O6P2. The molecule has 0 bridgehead atoms. The van der Waals surface area contributed by atoms with Gasteiger partial charge in [-0.2, -0.15) is 0 Å². The van der Waals surface area contributed by atoms with Crippen molar-refractivity contribution in [1.29, 1.82) is 0 Å².